The number of fused-ring (bicyclic) bond motifs is 1. The number of carbonyl (C=O) groups excluding carboxylic acids is 2. The molecule has 2 amide bonds. The molecule has 3 aromatic rings. The van der Waals surface area contributed by atoms with Crippen molar-refractivity contribution in [1.29, 1.82) is 0 Å². The van der Waals surface area contributed by atoms with Crippen molar-refractivity contribution in [3.8, 4) is 12.3 Å². The van der Waals surface area contributed by atoms with Crippen LogP contribution in [-0.2, 0) is 36.0 Å². The third-order valence-electron chi connectivity index (χ3n) is 6.29. The number of carbonyl (C=O) groups is 2. The normalized spacial score (nSPS) is 15.5. The average molecular weight is 491 g/mol. The molecular weight excluding hydrogens is 460 g/mol. The number of benzene rings is 1. The predicted molar refractivity (Wildman–Crippen MR) is 137 cm³/mol. The lowest BCUT2D eigenvalue weighted by Crippen LogP contribution is -2.31. The Hall–Kier alpha value is -3.57. The monoisotopic (exact) mass is 490 g/mol. The zero-order chi connectivity index (χ0) is 24.9. The molecule has 0 aliphatic heterocycles. The maximum absolute atomic E-state index is 12.7. The van der Waals surface area contributed by atoms with Crippen molar-refractivity contribution in [2.45, 2.75) is 58.1 Å². The maximum Gasteiger partial charge on any atom is 0.407 e. The molecule has 0 spiro atoms. The van der Waals surface area contributed by atoms with Crippen LogP contribution >= 0.6 is 11.3 Å². The van der Waals surface area contributed by atoms with Crippen LogP contribution in [0.2, 0.25) is 0 Å². The van der Waals surface area contributed by atoms with Crippen molar-refractivity contribution in [1.82, 2.24) is 15.1 Å². The van der Waals surface area contributed by atoms with Crippen LogP contribution in [0.4, 0.5) is 9.80 Å². The van der Waals surface area contributed by atoms with E-state index in [9.17, 15) is 9.59 Å². The second-order valence-electron chi connectivity index (χ2n) is 8.95. The van der Waals surface area contributed by atoms with Gasteiger partial charge in [0.05, 0.1) is 11.3 Å². The number of amides is 2. The van der Waals surface area contributed by atoms with E-state index in [4.69, 9.17) is 11.2 Å². The molecule has 182 valence electrons. The molecule has 0 bridgehead atoms. The second kappa shape index (κ2) is 10.8. The van der Waals surface area contributed by atoms with Crippen molar-refractivity contribution in [3.63, 3.8) is 0 Å². The van der Waals surface area contributed by atoms with Gasteiger partial charge in [0.2, 0.25) is 5.91 Å². The molecule has 2 aromatic heterocycles. The summed E-state index contributed by atoms with van der Waals surface area (Å²) in [6, 6.07) is 9.98. The Morgan fingerprint density at radius 3 is 2.80 bits per heavy atom. The molecule has 2 atom stereocenters. The zero-order valence-electron chi connectivity index (χ0n) is 20.3. The Morgan fingerprint density at radius 2 is 2.11 bits per heavy atom. The minimum atomic E-state index is -0.446. The Labute approximate surface area is 209 Å². The van der Waals surface area contributed by atoms with Crippen LogP contribution in [0.25, 0.3) is 0 Å². The van der Waals surface area contributed by atoms with Gasteiger partial charge in [0.1, 0.15) is 11.1 Å². The summed E-state index contributed by atoms with van der Waals surface area (Å²) in [5, 5.41) is 10.8. The van der Waals surface area contributed by atoms with Gasteiger partial charge in [-0.05, 0) is 36.8 Å². The number of hydrogen-bond acceptors (Lipinski definition) is 5. The highest BCUT2D eigenvalue weighted by atomic mass is 32.1. The van der Waals surface area contributed by atoms with Crippen molar-refractivity contribution < 1.29 is 14.3 Å². The van der Waals surface area contributed by atoms with Crippen LogP contribution in [0, 0.1) is 19.3 Å². The maximum atomic E-state index is 12.7. The molecule has 7 nitrogen and oxygen atoms in total. The van der Waals surface area contributed by atoms with Gasteiger partial charge < -0.3 is 15.4 Å². The molecule has 2 unspecified atom stereocenters. The van der Waals surface area contributed by atoms with E-state index in [1.54, 1.807) is 4.68 Å². The number of alkyl carbamates (subject to hydrolysis) is 1. The predicted octanol–water partition coefficient (Wildman–Crippen LogP) is 4.69. The van der Waals surface area contributed by atoms with Gasteiger partial charge in [0.15, 0.2) is 0 Å². The third-order valence-corrected chi connectivity index (χ3v) is 7.46. The number of terminal acetylenes is 1. The van der Waals surface area contributed by atoms with E-state index in [1.165, 1.54) is 11.3 Å². The Balaban J connectivity index is 1.34. The van der Waals surface area contributed by atoms with Crippen LogP contribution in [0.1, 0.15) is 58.5 Å². The number of rotatable bonds is 7. The van der Waals surface area contributed by atoms with E-state index in [1.807, 2.05) is 57.4 Å². The van der Waals surface area contributed by atoms with Crippen LogP contribution in [0.15, 0.2) is 36.5 Å². The highest BCUT2D eigenvalue weighted by Crippen LogP contribution is 2.38. The SMILES string of the molecule is C#Cc1c(NC(=O)CC(C)c2ccccc2)sc2c1CCC(OC(=O)NCc1cn(C)nc1C)C2. The fourth-order valence-corrected chi connectivity index (χ4v) is 5.73. The summed E-state index contributed by atoms with van der Waals surface area (Å²) >= 11 is 1.49. The minimum absolute atomic E-state index is 0.0608. The van der Waals surface area contributed by atoms with E-state index >= 15 is 0 Å². The summed E-state index contributed by atoms with van der Waals surface area (Å²) in [5.41, 5.74) is 4.79. The van der Waals surface area contributed by atoms with E-state index in [-0.39, 0.29) is 17.9 Å². The first kappa shape index (κ1) is 24.6. The average Bonchev–Trinajstić information content (AvgIpc) is 3.34. The molecule has 0 radical (unpaired) electrons. The lowest BCUT2D eigenvalue weighted by atomic mass is 9.93. The summed E-state index contributed by atoms with van der Waals surface area (Å²) in [4.78, 5) is 26.2. The van der Waals surface area contributed by atoms with Gasteiger partial charge in [-0.1, -0.05) is 43.2 Å². The first-order valence-corrected chi connectivity index (χ1v) is 12.5. The highest BCUT2D eigenvalue weighted by Gasteiger charge is 2.28. The molecular formula is C27H30N4O3S. The van der Waals surface area contributed by atoms with Gasteiger partial charge >= 0.3 is 6.09 Å². The summed E-state index contributed by atoms with van der Waals surface area (Å²) in [6.07, 6.45) is 9.38. The van der Waals surface area contributed by atoms with Crippen LogP contribution in [-0.4, -0.2) is 27.9 Å². The second-order valence-corrected chi connectivity index (χ2v) is 10.1. The topological polar surface area (TPSA) is 85.2 Å². The largest absolute Gasteiger partial charge is 0.446 e. The first-order chi connectivity index (χ1) is 16.8. The Bertz CT molecular complexity index is 1260. The number of anilines is 1. The lowest BCUT2D eigenvalue weighted by molar-refractivity contribution is -0.116. The van der Waals surface area contributed by atoms with Gasteiger partial charge in [0.25, 0.3) is 0 Å². The number of aromatic nitrogens is 2. The lowest BCUT2D eigenvalue weighted by Gasteiger charge is -2.22. The van der Waals surface area contributed by atoms with Crippen molar-refractivity contribution >= 4 is 28.3 Å². The molecule has 35 heavy (non-hydrogen) atoms. The van der Waals surface area contributed by atoms with E-state index in [0.29, 0.717) is 37.2 Å². The molecule has 1 aromatic carbocycles. The van der Waals surface area contributed by atoms with Gasteiger partial charge in [-0.2, -0.15) is 5.10 Å². The molecule has 0 saturated carbocycles. The molecule has 2 N–H and O–H groups in total. The molecule has 2 heterocycles. The minimum Gasteiger partial charge on any atom is -0.446 e. The standard InChI is InChI=1S/C27H30N4O3S/c1-5-22-23-12-11-21(34-27(33)28-15-20-16-31(4)30-18(20)3)14-24(23)35-26(22)29-25(32)13-17(2)19-9-7-6-8-10-19/h1,6-10,16-17,21H,11-15H2,2-4H3,(H,28,33)(H,29,32). The molecule has 0 saturated heterocycles. The third kappa shape index (κ3) is 5.92. The fraction of sp³-hybridized carbons (Fsp3) is 0.370. The van der Waals surface area contributed by atoms with E-state index < -0.39 is 6.09 Å². The summed E-state index contributed by atoms with van der Waals surface area (Å²) in [7, 11) is 1.85. The molecule has 1 aliphatic carbocycles. The van der Waals surface area contributed by atoms with Gasteiger partial charge in [-0.25, -0.2) is 4.79 Å². The van der Waals surface area contributed by atoms with E-state index in [0.717, 1.165) is 32.8 Å². The number of aryl methyl sites for hydroxylation is 2. The van der Waals surface area contributed by atoms with Crippen LogP contribution < -0.4 is 10.6 Å². The molecule has 0 fully saturated rings. The van der Waals surface area contributed by atoms with Crippen LogP contribution in [0.5, 0.6) is 0 Å². The summed E-state index contributed by atoms with van der Waals surface area (Å²) in [6.45, 7) is 4.32. The van der Waals surface area contributed by atoms with Crippen molar-refractivity contribution in [3.05, 3.63) is 69.4 Å². The molecule has 8 heteroatoms. The highest BCUT2D eigenvalue weighted by molar-refractivity contribution is 7.16. The van der Waals surface area contributed by atoms with Crippen molar-refractivity contribution in [2.75, 3.05) is 5.32 Å². The summed E-state index contributed by atoms with van der Waals surface area (Å²) < 4.78 is 7.39. The fourth-order valence-electron chi connectivity index (χ4n) is 4.43. The number of hydrogen-bond donors (Lipinski definition) is 2. The molecule has 4 rings (SSSR count). The van der Waals surface area contributed by atoms with E-state index in [2.05, 4.69) is 21.7 Å². The smallest absolute Gasteiger partial charge is 0.407 e. The summed E-state index contributed by atoms with van der Waals surface area (Å²) in [5.74, 6) is 2.81. The number of ether oxygens (including phenoxy) is 1. The first-order valence-electron chi connectivity index (χ1n) is 11.7. The van der Waals surface area contributed by atoms with Crippen LogP contribution in [0.3, 0.4) is 0 Å². The van der Waals surface area contributed by atoms with Gasteiger partial charge in [0, 0.05) is 43.1 Å². The number of thiophene rings is 1. The van der Waals surface area contributed by atoms with Crippen molar-refractivity contribution in [2.24, 2.45) is 7.05 Å². The van der Waals surface area contributed by atoms with Gasteiger partial charge in [-0.15, -0.1) is 17.8 Å². The number of nitrogens with zero attached hydrogens (tertiary/aromatic N) is 2. The Morgan fingerprint density at radius 1 is 1.34 bits per heavy atom. The van der Waals surface area contributed by atoms with Gasteiger partial charge in [-0.3, -0.25) is 9.48 Å². The zero-order valence-corrected chi connectivity index (χ0v) is 21.1. The molecule has 1 aliphatic rings. The quantitative estimate of drug-likeness (QED) is 0.471. The Kier molecular flexibility index (Phi) is 7.57. The number of nitrogens with one attached hydrogen (secondary N) is 2.